The number of carbonyl (C=O) groups excluding carboxylic acids is 2. The summed E-state index contributed by atoms with van der Waals surface area (Å²) in [6.45, 7) is 2.69. The first kappa shape index (κ1) is 16.2. The predicted molar refractivity (Wildman–Crippen MR) is 72.7 cm³/mol. The highest BCUT2D eigenvalue weighted by molar-refractivity contribution is 5.84. The summed E-state index contributed by atoms with van der Waals surface area (Å²) in [5, 5.41) is 0. The number of nitrogens with zero attached hydrogens (tertiary/aromatic N) is 1. The lowest BCUT2D eigenvalue weighted by Crippen LogP contribution is -2.53. The Morgan fingerprint density at radius 3 is 2.90 bits per heavy atom. The zero-order valence-corrected chi connectivity index (χ0v) is 12.4. The van der Waals surface area contributed by atoms with Gasteiger partial charge in [0.15, 0.2) is 6.04 Å². The molecule has 0 radical (unpaired) electrons. The van der Waals surface area contributed by atoms with E-state index in [9.17, 15) is 9.59 Å². The first-order valence-electron chi connectivity index (χ1n) is 7.36. The van der Waals surface area contributed by atoms with Gasteiger partial charge in [0, 0.05) is 13.2 Å². The summed E-state index contributed by atoms with van der Waals surface area (Å²) in [4.78, 5) is 25.3. The van der Waals surface area contributed by atoms with Crippen molar-refractivity contribution in [2.45, 2.75) is 31.4 Å². The first-order valence-corrected chi connectivity index (χ1v) is 7.36. The van der Waals surface area contributed by atoms with Gasteiger partial charge in [0.05, 0.1) is 46.1 Å². The Labute approximate surface area is 124 Å². The van der Waals surface area contributed by atoms with Gasteiger partial charge in [-0.1, -0.05) is 0 Å². The fraction of sp³-hybridized carbons (Fsp3) is 0.857. The topological polar surface area (TPSA) is 74.3 Å². The standard InChI is InChI=1S/C14H23NO6/c1-18-14(17)12-10-20-8-5-15(12)13(16)4-7-19-9-11-3-2-6-21-11/h11-12H,2-10H2,1H3/t11-,12+/m0/s1. The number of rotatable bonds is 6. The summed E-state index contributed by atoms with van der Waals surface area (Å²) in [6, 6.07) is -0.644. The Morgan fingerprint density at radius 1 is 1.33 bits per heavy atom. The average Bonchev–Trinajstić information content (AvgIpc) is 3.04. The molecular weight excluding hydrogens is 278 g/mol. The second kappa shape index (κ2) is 8.31. The lowest BCUT2D eigenvalue weighted by molar-refractivity contribution is -0.161. The largest absolute Gasteiger partial charge is 0.467 e. The van der Waals surface area contributed by atoms with Crippen molar-refractivity contribution in [2.24, 2.45) is 0 Å². The Balaban J connectivity index is 1.71. The number of amides is 1. The van der Waals surface area contributed by atoms with Gasteiger partial charge in [0.1, 0.15) is 0 Å². The van der Waals surface area contributed by atoms with E-state index >= 15 is 0 Å². The second-order valence-electron chi connectivity index (χ2n) is 5.16. The molecular formula is C14H23NO6. The molecule has 0 aromatic heterocycles. The summed E-state index contributed by atoms with van der Waals surface area (Å²) in [5.74, 6) is -0.552. The molecule has 2 atom stereocenters. The van der Waals surface area contributed by atoms with Crippen LogP contribution in [0.2, 0.25) is 0 Å². The molecule has 0 spiro atoms. The van der Waals surface area contributed by atoms with E-state index in [1.165, 1.54) is 12.0 Å². The van der Waals surface area contributed by atoms with Gasteiger partial charge in [0.25, 0.3) is 0 Å². The minimum Gasteiger partial charge on any atom is -0.467 e. The average molecular weight is 301 g/mol. The minimum atomic E-state index is -0.644. The van der Waals surface area contributed by atoms with Gasteiger partial charge in [-0.15, -0.1) is 0 Å². The maximum absolute atomic E-state index is 12.2. The van der Waals surface area contributed by atoms with E-state index in [4.69, 9.17) is 18.9 Å². The monoisotopic (exact) mass is 301 g/mol. The van der Waals surface area contributed by atoms with Crippen molar-refractivity contribution in [3.8, 4) is 0 Å². The molecule has 0 N–H and O–H groups in total. The first-order chi connectivity index (χ1) is 10.2. The molecule has 7 heteroatoms. The highest BCUT2D eigenvalue weighted by atomic mass is 16.5. The summed E-state index contributed by atoms with van der Waals surface area (Å²) in [7, 11) is 1.31. The van der Waals surface area contributed by atoms with Crippen LogP contribution in [0.25, 0.3) is 0 Å². The molecule has 0 aromatic carbocycles. The van der Waals surface area contributed by atoms with Crippen LogP contribution in [-0.4, -0.2) is 75.6 Å². The molecule has 2 fully saturated rings. The van der Waals surface area contributed by atoms with Crippen molar-refractivity contribution in [3.05, 3.63) is 0 Å². The number of esters is 1. The van der Waals surface area contributed by atoms with E-state index in [1.54, 1.807) is 0 Å². The van der Waals surface area contributed by atoms with Crippen LogP contribution in [0.1, 0.15) is 19.3 Å². The Morgan fingerprint density at radius 2 is 2.19 bits per heavy atom. The van der Waals surface area contributed by atoms with Crippen LogP contribution >= 0.6 is 0 Å². The van der Waals surface area contributed by atoms with Crippen molar-refractivity contribution in [1.29, 1.82) is 0 Å². The van der Waals surface area contributed by atoms with Crippen molar-refractivity contribution in [3.63, 3.8) is 0 Å². The molecule has 2 aliphatic heterocycles. The fourth-order valence-electron chi connectivity index (χ4n) is 2.53. The van der Waals surface area contributed by atoms with Gasteiger partial charge >= 0.3 is 5.97 Å². The normalized spacial score (nSPS) is 25.9. The molecule has 2 saturated heterocycles. The molecule has 120 valence electrons. The van der Waals surface area contributed by atoms with Crippen LogP contribution in [-0.2, 0) is 28.5 Å². The van der Waals surface area contributed by atoms with Gasteiger partial charge in [-0.05, 0) is 12.8 Å². The number of methoxy groups -OCH3 is 1. The molecule has 2 rings (SSSR count). The molecule has 2 aliphatic rings. The molecule has 2 heterocycles. The van der Waals surface area contributed by atoms with Gasteiger partial charge in [-0.25, -0.2) is 4.79 Å². The van der Waals surface area contributed by atoms with Crippen molar-refractivity contribution in [1.82, 2.24) is 4.90 Å². The minimum absolute atomic E-state index is 0.110. The molecule has 0 aliphatic carbocycles. The summed E-state index contributed by atoms with van der Waals surface area (Å²) in [5.41, 5.74) is 0. The third-order valence-electron chi connectivity index (χ3n) is 3.71. The van der Waals surface area contributed by atoms with Gasteiger partial charge in [-0.2, -0.15) is 0 Å². The van der Waals surface area contributed by atoms with E-state index < -0.39 is 12.0 Å². The predicted octanol–water partition coefficient (Wildman–Crippen LogP) is -0.0275. The zero-order valence-electron chi connectivity index (χ0n) is 12.4. The van der Waals surface area contributed by atoms with E-state index in [1.807, 2.05) is 0 Å². The number of hydrogen-bond acceptors (Lipinski definition) is 6. The van der Waals surface area contributed by atoms with Crippen molar-refractivity contribution < 1.29 is 28.5 Å². The number of carbonyl (C=O) groups is 2. The Kier molecular flexibility index (Phi) is 6.41. The van der Waals surface area contributed by atoms with E-state index in [-0.39, 0.29) is 25.0 Å². The number of morpholine rings is 1. The van der Waals surface area contributed by atoms with Crippen LogP contribution in [0.5, 0.6) is 0 Å². The summed E-state index contributed by atoms with van der Waals surface area (Å²) in [6.07, 6.45) is 2.50. The van der Waals surface area contributed by atoms with Crippen LogP contribution < -0.4 is 0 Å². The molecule has 7 nitrogen and oxygen atoms in total. The zero-order chi connectivity index (χ0) is 15.1. The quantitative estimate of drug-likeness (QED) is 0.507. The lowest BCUT2D eigenvalue weighted by Gasteiger charge is -2.33. The van der Waals surface area contributed by atoms with E-state index in [0.29, 0.717) is 26.4 Å². The third-order valence-corrected chi connectivity index (χ3v) is 3.71. The van der Waals surface area contributed by atoms with Crippen molar-refractivity contribution in [2.75, 3.05) is 46.7 Å². The highest BCUT2D eigenvalue weighted by Crippen LogP contribution is 2.13. The smallest absolute Gasteiger partial charge is 0.331 e. The van der Waals surface area contributed by atoms with Crippen LogP contribution in [0.4, 0.5) is 0 Å². The molecule has 0 saturated carbocycles. The maximum Gasteiger partial charge on any atom is 0.331 e. The molecule has 1 amide bonds. The SMILES string of the molecule is COC(=O)[C@H]1COCCN1C(=O)CCOC[C@@H]1CCCO1. The van der Waals surface area contributed by atoms with Crippen LogP contribution in [0.15, 0.2) is 0 Å². The van der Waals surface area contributed by atoms with E-state index in [0.717, 1.165) is 19.4 Å². The third kappa shape index (κ3) is 4.66. The Bertz CT molecular complexity index is 355. The van der Waals surface area contributed by atoms with Gasteiger partial charge in [-0.3, -0.25) is 4.79 Å². The van der Waals surface area contributed by atoms with E-state index in [2.05, 4.69) is 0 Å². The summed E-state index contributed by atoms with van der Waals surface area (Å²) >= 11 is 0. The van der Waals surface area contributed by atoms with Crippen LogP contribution in [0.3, 0.4) is 0 Å². The molecule has 0 unspecified atom stereocenters. The number of ether oxygens (including phenoxy) is 4. The molecule has 21 heavy (non-hydrogen) atoms. The van der Waals surface area contributed by atoms with Gasteiger partial charge in [0.2, 0.25) is 5.91 Å². The van der Waals surface area contributed by atoms with Crippen molar-refractivity contribution >= 4 is 11.9 Å². The second-order valence-corrected chi connectivity index (χ2v) is 5.16. The fourth-order valence-corrected chi connectivity index (χ4v) is 2.53. The molecule has 0 aromatic rings. The summed E-state index contributed by atoms with van der Waals surface area (Å²) < 4.78 is 20.9. The highest BCUT2D eigenvalue weighted by Gasteiger charge is 2.33. The molecule has 0 bridgehead atoms. The Hall–Kier alpha value is -1.18. The lowest BCUT2D eigenvalue weighted by atomic mass is 10.2. The van der Waals surface area contributed by atoms with Gasteiger partial charge < -0.3 is 23.8 Å². The number of hydrogen-bond donors (Lipinski definition) is 0. The van der Waals surface area contributed by atoms with Crippen LogP contribution in [0, 0.1) is 0 Å². The maximum atomic E-state index is 12.2.